The molecule has 3 rings (SSSR count). The van der Waals surface area contributed by atoms with Crippen LogP contribution in [0.5, 0.6) is 0 Å². The minimum atomic E-state index is -0.666. The third-order valence-corrected chi connectivity index (χ3v) is 4.26. The van der Waals surface area contributed by atoms with E-state index in [4.69, 9.17) is 9.47 Å². The lowest BCUT2D eigenvalue weighted by Crippen LogP contribution is -2.36. The topological polar surface area (TPSA) is 54.0 Å². The van der Waals surface area contributed by atoms with E-state index < -0.39 is 6.10 Å². The number of ether oxygens (including phenoxy) is 2. The van der Waals surface area contributed by atoms with Crippen molar-refractivity contribution in [3.05, 3.63) is 59.9 Å². The minimum Gasteiger partial charge on any atom is -0.389 e. The highest BCUT2D eigenvalue weighted by molar-refractivity contribution is 5.56. The molecule has 0 unspecified atom stereocenters. The number of hydrogen-bond acceptors (Lipinski definition) is 5. The number of anilines is 2. The van der Waals surface area contributed by atoms with Crippen LogP contribution >= 0.6 is 0 Å². The number of halogens is 1. The van der Waals surface area contributed by atoms with Gasteiger partial charge in [0.25, 0.3) is 0 Å². The molecule has 1 heterocycles. The molecule has 140 valence electrons. The quantitative estimate of drug-likeness (QED) is 0.758. The van der Waals surface area contributed by atoms with Crippen LogP contribution in [0.2, 0.25) is 0 Å². The lowest BCUT2D eigenvalue weighted by atomic mass is 10.2. The van der Waals surface area contributed by atoms with Crippen LogP contribution in [-0.2, 0) is 16.1 Å². The standard InChI is InChI=1S/C20H25FN2O3/c21-19-12-17(6-7-20(19)23-8-10-25-11-9-23)22-13-18(24)15-26-14-16-4-2-1-3-5-16/h1-7,12,18,22,24H,8-11,13-15H2/t18-/m1/s1. The van der Waals surface area contributed by atoms with E-state index in [9.17, 15) is 9.50 Å². The molecule has 1 fully saturated rings. The molecule has 0 radical (unpaired) electrons. The molecule has 1 aliphatic heterocycles. The van der Waals surface area contributed by atoms with Gasteiger partial charge in [-0.15, -0.1) is 0 Å². The fourth-order valence-corrected chi connectivity index (χ4v) is 2.86. The number of hydrogen-bond donors (Lipinski definition) is 2. The van der Waals surface area contributed by atoms with E-state index in [-0.39, 0.29) is 12.4 Å². The van der Waals surface area contributed by atoms with Crippen LogP contribution in [0.3, 0.4) is 0 Å². The third kappa shape index (κ3) is 5.42. The smallest absolute Gasteiger partial charge is 0.148 e. The molecule has 0 bridgehead atoms. The van der Waals surface area contributed by atoms with Crippen molar-refractivity contribution in [2.75, 3.05) is 49.7 Å². The zero-order valence-corrected chi connectivity index (χ0v) is 14.7. The van der Waals surface area contributed by atoms with Gasteiger partial charge in [0.1, 0.15) is 5.82 Å². The van der Waals surface area contributed by atoms with Crippen molar-refractivity contribution < 1.29 is 19.0 Å². The molecule has 5 nitrogen and oxygen atoms in total. The normalized spacial score (nSPS) is 15.7. The number of rotatable bonds is 8. The Labute approximate surface area is 153 Å². The summed E-state index contributed by atoms with van der Waals surface area (Å²) in [6.07, 6.45) is -0.666. The number of morpholine rings is 1. The zero-order chi connectivity index (χ0) is 18.2. The Morgan fingerprint density at radius 2 is 1.92 bits per heavy atom. The van der Waals surface area contributed by atoms with Crippen LogP contribution in [0.1, 0.15) is 5.56 Å². The highest BCUT2D eigenvalue weighted by Crippen LogP contribution is 2.23. The van der Waals surface area contributed by atoms with Crippen molar-refractivity contribution in [1.29, 1.82) is 0 Å². The van der Waals surface area contributed by atoms with Crippen molar-refractivity contribution in [3.63, 3.8) is 0 Å². The molecule has 1 atom stereocenters. The van der Waals surface area contributed by atoms with Crippen molar-refractivity contribution in [2.24, 2.45) is 0 Å². The molecule has 1 saturated heterocycles. The first-order chi connectivity index (χ1) is 12.7. The van der Waals surface area contributed by atoms with Crippen molar-refractivity contribution in [2.45, 2.75) is 12.7 Å². The van der Waals surface area contributed by atoms with Crippen molar-refractivity contribution in [3.8, 4) is 0 Å². The Hall–Kier alpha value is -2.15. The van der Waals surface area contributed by atoms with E-state index in [0.29, 0.717) is 50.8 Å². The van der Waals surface area contributed by atoms with Gasteiger partial charge in [-0.3, -0.25) is 0 Å². The maximum atomic E-state index is 14.3. The molecule has 2 N–H and O–H groups in total. The molecule has 6 heteroatoms. The number of nitrogens with zero attached hydrogens (tertiary/aromatic N) is 1. The fourth-order valence-electron chi connectivity index (χ4n) is 2.86. The molecule has 2 aromatic carbocycles. The summed E-state index contributed by atoms with van der Waals surface area (Å²) in [5.41, 5.74) is 2.29. The fraction of sp³-hybridized carbons (Fsp3) is 0.400. The van der Waals surface area contributed by atoms with Crippen molar-refractivity contribution in [1.82, 2.24) is 0 Å². The monoisotopic (exact) mass is 360 g/mol. The molecule has 0 aromatic heterocycles. The van der Waals surface area contributed by atoms with Gasteiger partial charge in [0.2, 0.25) is 0 Å². The predicted octanol–water partition coefficient (Wildman–Crippen LogP) is 2.65. The Kier molecular flexibility index (Phi) is 6.82. The summed E-state index contributed by atoms with van der Waals surface area (Å²) in [5, 5.41) is 13.1. The van der Waals surface area contributed by atoms with Crippen LogP contribution in [0.15, 0.2) is 48.5 Å². The SMILES string of the molecule is O[C@H](CNc1ccc(N2CCOCC2)c(F)c1)COCc1ccccc1. The summed E-state index contributed by atoms with van der Waals surface area (Å²) in [4.78, 5) is 1.98. The molecule has 0 amide bonds. The van der Waals surface area contributed by atoms with Gasteiger partial charge in [0, 0.05) is 25.3 Å². The van der Waals surface area contributed by atoms with E-state index in [0.717, 1.165) is 5.56 Å². The minimum absolute atomic E-state index is 0.218. The van der Waals surface area contributed by atoms with Gasteiger partial charge in [-0.05, 0) is 23.8 Å². The third-order valence-electron chi connectivity index (χ3n) is 4.26. The van der Waals surface area contributed by atoms with Gasteiger partial charge >= 0.3 is 0 Å². The van der Waals surface area contributed by atoms with Gasteiger partial charge in [-0.2, -0.15) is 0 Å². The largest absolute Gasteiger partial charge is 0.389 e. The molecular weight excluding hydrogens is 335 g/mol. The second-order valence-electron chi connectivity index (χ2n) is 6.30. The van der Waals surface area contributed by atoms with Crippen LogP contribution in [0.4, 0.5) is 15.8 Å². The van der Waals surface area contributed by atoms with E-state index in [2.05, 4.69) is 5.32 Å². The van der Waals surface area contributed by atoms with Gasteiger partial charge in [0.15, 0.2) is 0 Å². The highest BCUT2D eigenvalue weighted by atomic mass is 19.1. The molecule has 26 heavy (non-hydrogen) atoms. The average molecular weight is 360 g/mol. The average Bonchev–Trinajstić information content (AvgIpc) is 2.68. The summed E-state index contributed by atoms with van der Waals surface area (Å²) in [6, 6.07) is 14.9. The van der Waals surface area contributed by atoms with E-state index in [1.54, 1.807) is 6.07 Å². The maximum absolute atomic E-state index is 14.3. The van der Waals surface area contributed by atoms with Gasteiger partial charge < -0.3 is 24.8 Å². The van der Waals surface area contributed by atoms with E-state index in [1.807, 2.05) is 41.3 Å². The summed E-state index contributed by atoms with van der Waals surface area (Å²) in [5.74, 6) is -0.272. The Morgan fingerprint density at radius 1 is 1.15 bits per heavy atom. The zero-order valence-electron chi connectivity index (χ0n) is 14.7. The molecular formula is C20H25FN2O3. The summed E-state index contributed by atoms with van der Waals surface area (Å²) < 4.78 is 25.1. The first kappa shape index (κ1) is 18.6. The maximum Gasteiger partial charge on any atom is 0.148 e. The Balaban J connectivity index is 1.43. The summed E-state index contributed by atoms with van der Waals surface area (Å²) in [6.45, 7) is 3.60. The Bertz CT molecular complexity index is 678. The van der Waals surface area contributed by atoms with Crippen LogP contribution in [0, 0.1) is 5.82 Å². The number of aliphatic hydroxyl groups excluding tert-OH is 1. The van der Waals surface area contributed by atoms with Crippen LogP contribution in [0.25, 0.3) is 0 Å². The lowest BCUT2D eigenvalue weighted by Gasteiger charge is -2.29. The van der Waals surface area contributed by atoms with Gasteiger partial charge in [-0.25, -0.2) is 4.39 Å². The molecule has 0 spiro atoms. The van der Waals surface area contributed by atoms with Gasteiger partial charge in [0.05, 0.1) is 38.2 Å². The molecule has 0 saturated carbocycles. The highest BCUT2D eigenvalue weighted by Gasteiger charge is 2.15. The van der Waals surface area contributed by atoms with Gasteiger partial charge in [-0.1, -0.05) is 30.3 Å². The second-order valence-corrected chi connectivity index (χ2v) is 6.30. The predicted molar refractivity (Wildman–Crippen MR) is 100 cm³/mol. The first-order valence-electron chi connectivity index (χ1n) is 8.88. The number of nitrogens with one attached hydrogen (secondary N) is 1. The molecule has 1 aliphatic rings. The number of aliphatic hydroxyl groups is 1. The first-order valence-corrected chi connectivity index (χ1v) is 8.88. The summed E-state index contributed by atoms with van der Waals surface area (Å²) in [7, 11) is 0. The van der Waals surface area contributed by atoms with E-state index >= 15 is 0 Å². The van der Waals surface area contributed by atoms with E-state index in [1.165, 1.54) is 6.07 Å². The molecule has 2 aromatic rings. The lowest BCUT2D eigenvalue weighted by molar-refractivity contribution is 0.0348. The molecule has 0 aliphatic carbocycles. The second kappa shape index (κ2) is 9.52. The van der Waals surface area contributed by atoms with Crippen LogP contribution in [-0.4, -0.2) is 50.7 Å². The summed E-state index contributed by atoms with van der Waals surface area (Å²) >= 11 is 0. The van der Waals surface area contributed by atoms with Crippen LogP contribution < -0.4 is 10.2 Å². The van der Waals surface area contributed by atoms with Crippen molar-refractivity contribution >= 4 is 11.4 Å². The Morgan fingerprint density at radius 3 is 2.65 bits per heavy atom. The number of benzene rings is 2.